The zero-order chi connectivity index (χ0) is 24.7. The molecule has 0 spiro atoms. The molecular formula is C24H18F6N2O2. The topological polar surface area (TPSA) is 42.4 Å². The van der Waals surface area contributed by atoms with Crippen molar-refractivity contribution in [3.05, 3.63) is 82.5 Å². The van der Waals surface area contributed by atoms with E-state index in [0.29, 0.717) is 23.3 Å². The number of pyridine rings is 1. The minimum Gasteiger partial charge on any atom is -0.467 e. The number of ether oxygens (including phenoxy) is 1. The van der Waals surface area contributed by atoms with Gasteiger partial charge in [-0.2, -0.15) is 26.3 Å². The zero-order valence-electron chi connectivity index (χ0n) is 17.8. The van der Waals surface area contributed by atoms with E-state index in [-0.39, 0.29) is 24.1 Å². The van der Waals surface area contributed by atoms with E-state index in [1.54, 1.807) is 6.07 Å². The summed E-state index contributed by atoms with van der Waals surface area (Å²) in [5.74, 6) is -0.396. The second kappa shape index (κ2) is 8.66. The lowest BCUT2D eigenvalue weighted by molar-refractivity contribution is -0.143. The molecule has 0 bridgehead atoms. The Morgan fingerprint density at radius 1 is 0.941 bits per heavy atom. The van der Waals surface area contributed by atoms with Crippen molar-refractivity contribution in [2.24, 2.45) is 0 Å². The van der Waals surface area contributed by atoms with Crippen LogP contribution >= 0.6 is 0 Å². The summed E-state index contributed by atoms with van der Waals surface area (Å²) in [6.07, 6.45) is -8.44. The summed E-state index contributed by atoms with van der Waals surface area (Å²) in [7, 11) is 0. The maximum Gasteiger partial charge on any atom is 0.416 e. The van der Waals surface area contributed by atoms with Crippen LogP contribution in [0.5, 0.6) is 5.88 Å². The van der Waals surface area contributed by atoms with Crippen LogP contribution in [-0.4, -0.2) is 22.4 Å². The van der Waals surface area contributed by atoms with E-state index in [1.807, 2.05) is 31.2 Å². The van der Waals surface area contributed by atoms with Gasteiger partial charge in [0.15, 0.2) is 6.61 Å². The third-order valence-corrected chi connectivity index (χ3v) is 5.43. The lowest BCUT2D eigenvalue weighted by Gasteiger charge is -2.22. The molecule has 4 rings (SSSR count). The molecule has 1 amide bonds. The number of aromatic nitrogens is 1. The lowest BCUT2D eigenvalue weighted by atomic mass is 9.99. The van der Waals surface area contributed by atoms with Crippen LogP contribution in [0.2, 0.25) is 0 Å². The molecule has 2 heterocycles. The normalized spacial score (nSPS) is 14.4. The van der Waals surface area contributed by atoms with Crippen molar-refractivity contribution in [1.29, 1.82) is 0 Å². The molecule has 34 heavy (non-hydrogen) atoms. The zero-order valence-corrected chi connectivity index (χ0v) is 17.8. The van der Waals surface area contributed by atoms with Gasteiger partial charge in [-0.25, -0.2) is 4.98 Å². The fourth-order valence-electron chi connectivity index (χ4n) is 3.73. The summed E-state index contributed by atoms with van der Waals surface area (Å²) < 4.78 is 85.0. The highest BCUT2D eigenvalue weighted by Gasteiger charge is 2.37. The van der Waals surface area contributed by atoms with Crippen LogP contribution in [0.1, 0.15) is 27.8 Å². The number of fused-ring (bicyclic) bond motifs is 1. The summed E-state index contributed by atoms with van der Waals surface area (Å²) in [4.78, 5) is 18.0. The molecule has 4 nitrogen and oxygen atoms in total. The van der Waals surface area contributed by atoms with Gasteiger partial charge in [0.2, 0.25) is 5.88 Å². The Bertz CT molecular complexity index is 1190. The molecule has 0 fully saturated rings. The number of hydrogen-bond donors (Lipinski definition) is 0. The third kappa shape index (κ3) is 5.00. The first-order valence-electron chi connectivity index (χ1n) is 10.2. The SMILES string of the molecule is Cc1ccc(-c2ccnc3c2CN(Cc2cc(C(F)(F)F)cc(C(F)(F)F)c2)C(=O)CO3)cc1. The smallest absolute Gasteiger partial charge is 0.416 e. The van der Waals surface area contributed by atoms with Gasteiger partial charge in [-0.1, -0.05) is 29.8 Å². The minimum absolute atomic E-state index is 0.0611. The lowest BCUT2D eigenvalue weighted by Crippen LogP contribution is -2.32. The largest absolute Gasteiger partial charge is 0.467 e. The molecule has 0 saturated carbocycles. The van der Waals surface area contributed by atoms with Gasteiger partial charge in [0, 0.05) is 18.3 Å². The van der Waals surface area contributed by atoms with Crippen molar-refractivity contribution in [3.8, 4) is 17.0 Å². The average molecular weight is 480 g/mol. The van der Waals surface area contributed by atoms with Gasteiger partial charge in [0.25, 0.3) is 5.91 Å². The number of aryl methyl sites for hydroxylation is 1. The second-order valence-electron chi connectivity index (χ2n) is 7.96. The van der Waals surface area contributed by atoms with Crippen molar-refractivity contribution in [2.75, 3.05) is 6.61 Å². The molecule has 0 saturated heterocycles. The Hall–Kier alpha value is -3.56. The first-order chi connectivity index (χ1) is 15.9. The Morgan fingerprint density at radius 3 is 2.15 bits per heavy atom. The molecule has 0 unspecified atom stereocenters. The molecule has 0 N–H and O–H groups in total. The van der Waals surface area contributed by atoms with E-state index >= 15 is 0 Å². The van der Waals surface area contributed by atoms with E-state index in [0.717, 1.165) is 11.1 Å². The van der Waals surface area contributed by atoms with Gasteiger partial charge >= 0.3 is 12.4 Å². The molecule has 2 aromatic carbocycles. The summed E-state index contributed by atoms with van der Waals surface area (Å²) in [6, 6.07) is 10.5. The summed E-state index contributed by atoms with van der Waals surface area (Å²) in [5.41, 5.74) is -0.108. The highest BCUT2D eigenvalue weighted by atomic mass is 19.4. The number of halogens is 6. The maximum absolute atomic E-state index is 13.2. The van der Waals surface area contributed by atoms with Crippen molar-refractivity contribution in [2.45, 2.75) is 32.4 Å². The Kier molecular flexibility index (Phi) is 6.01. The first-order valence-corrected chi connectivity index (χ1v) is 10.2. The fourth-order valence-corrected chi connectivity index (χ4v) is 3.73. The molecule has 0 atom stereocenters. The van der Waals surface area contributed by atoms with Gasteiger partial charge in [-0.05, 0) is 47.9 Å². The summed E-state index contributed by atoms with van der Waals surface area (Å²) in [6.45, 7) is 0.923. The second-order valence-corrected chi connectivity index (χ2v) is 7.96. The quantitative estimate of drug-likeness (QED) is 0.431. The molecule has 1 aliphatic rings. The predicted molar refractivity (Wildman–Crippen MR) is 111 cm³/mol. The molecule has 1 aromatic heterocycles. The van der Waals surface area contributed by atoms with Crippen molar-refractivity contribution in [1.82, 2.24) is 9.88 Å². The van der Waals surface area contributed by atoms with Crippen molar-refractivity contribution >= 4 is 5.91 Å². The molecule has 3 aromatic rings. The number of carbonyl (C=O) groups is 1. The van der Waals surface area contributed by atoms with E-state index in [2.05, 4.69) is 4.98 Å². The summed E-state index contributed by atoms with van der Waals surface area (Å²) in [5, 5.41) is 0. The number of rotatable bonds is 3. The van der Waals surface area contributed by atoms with Crippen LogP contribution in [0.3, 0.4) is 0 Å². The molecule has 10 heteroatoms. The van der Waals surface area contributed by atoms with E-state index < -0.39 is 42.5 Å². The number of carbonyl (C=O) groups excluding carboxylic acids is 1. The Balaban J connectivity index is 1.72. The monoisotopic (exact) mass is 480 g/mol. The maximum atomic E-state index is 13.2. The van der Waals surface area contributed by atoms with Gasteiger partial charge in [-0.3, -0.25) is 4.79 Å². The van der Waals surface area contributed by atoms with Crippen LogP contribution < -0.4 is 4.74 Å². The molecule has 1 aliphatic heterocycles. The van der Waals surface area contributed by atoms with Gasteiger partial charge < -0.3 is 9.64 Å². The minimum atomic E-state index is -4.98. The van der Waals surface area contributed by atoms with E-state index in [1.165, 1.54) is 11.1 Å². The highest BCUT2D eigenvalue weighted by Crippen LogP contribution is 2.37. The van der Waals surface area contributed by atoms with E-state index in [4.69, 9.17) is 4.74 Å². The average Bonchev–Trinajstić information content (AvgIpc) is 2.92. The number of alkyl halides is 6. The van der Waals surface area contributed by atoms with Crippen molar-refractivity contribution in [3.63, 3.8) is 0 Å². The molecule has 178 valence electrons. The molecule has 0 radical (unpaired) electrons. The number of nitrogens with zero attached hydrogens (tertiary/aromatic N) is 2. The van der Waals surface area contributed by atoms with Gasteiger partial charge in [-0.15, -0.1) is 0 Å². The standard InChI is InChI=1S/C24H18F6N2O2/c1-14-2-4-16(5-3-14)19-6-7-31-22-20(19)12-32(21(33)13-34-22)11-15-8-17(23(25,26)27)10-18(9-15)24(28,29)30/h2-10H,11-13H2,1H3. The van der Waals surface area contributed by atoms with Crippen LogP contribution in [-0.2, 0) is 30.2 Å². The number of hydrogen-bond acceptors (Lipinski definition) is 3. The summed E-state index contributed by atoms with van der Waals surface area (Å²) >= 11 is 0. The van der Waals surface area contributed by atoms with Gasteiger partial charge in [0.1, 0.15) is 0 Å². The Labute approximate surface area is 190 Å². The van der Waals surface area contributed by atoms with Crippen LogP contribution in [0, 0.1) is 6.92 Å². The third-order valence-electron chi connectivity index (χ3n) is 5.43. The van der Waals surface area contributed by atoms with Crippen LogP contribution in [0.15, 0.2) is 54.7 Å². The predicted octanol–water partition coefficient (Wildman–Crippen LogP) is 6.02. The number of benzene rings is 2. The number of amides is 1. The Morgan fingerprint density at radius 2 is 1.56 bits per heavy atom. The fraction of sp³-hybridized carbons (Fsp3) is 0.250. The van der Waals surface area contributed by atoms with Crippen LogP contribution in [0.25, 0.3) is 11.1 Å². The van der Waals surface area contributed by atoms with Crippen molar-refractivity contribution < 1.29 is 35.9 Å². The molecular weight excluding hydrogens is 462 g/mol. The van der Waals surface area contributed by atoms with Crippen LogP contribution in [0.4, 0.5) is 26.3 Å². The van der Waals surface area contributed by atoms with E-state index in [9.17, 15) is 31.1 Å². The van der Waals surface area contributed by atoms with Gasteiger partial charge in [0.05, 0.1) is 17.7 Å². The highest BCUT2D eigenvalue weighted by molar-refractivity contribution is 5.80. The molecule has 0 aliphatic carbocycles. The first kappa shape index (κ1) is 23.6.